The largest absolute Gasteiger partial charge is 0.368 e. The molecule has 0 bridgehead atoms. The van der Waals surface area contributed by atoms with Crippen LogP contribution in [-0.2, 0) is 14.9 Å². The molecule has 0 spiro atoms. The first-order valence-electron chi connectivity index (χ1n) is 14.3. The third kappa shape index (κ3) is 6.23. The van der Waals surface area contributed by atoms with Crippen LogP contribution in [0.2, 0.25) is 25.7 Å². The minimum atomic E-state index is -1.09. The number of nitrogens with zero attached hydrogens (tertiary/aromatic N) is 1. The summed E-state index contributed by atoms with van der Waals surface area (Å²) in [4.78, 5) is 15.1. The van der Waals surface area contributed by atoms with Crippen LogP contribution in [0.15, 0.2) is 42.1 Å². The van der Waals surface area contributed by atoms with E-state index in [2.05, 4.69) is 50.6 Å². The highest BCUT2D eigenvalue weighted by Gasteiger charge is 2.44. The molecule has 0 saturated heterocycles. The quantitative estimate of drug-likeness (QED) is 0.135. The SMILES string of the molecule is C=CCN1C(=O)C(C)(C)c2cc(C)c(C3=C(CC4CC4)C(=N)/C(=C\NCOCC[Si](C)(C)C)CCC3)cc21. The molecule has 3 aliphatic rings. The highest BCUT2D eigenvalue weighted by molar-refractivity contribution is 6.76. The first-order chi connectivity index (χ1) is 17.9. The number of benzene rings is 1. The first-order valence-corrected chi connectivity index (χ1v) is 18.0. The number of hydrogen-bond acceptors (Lipinski definition) is 4. The maximum Gasteiger partial charge on any atom is 0.237 e. The zero-order chi connectivity index (χ0) is 27.7. The Morgan fingerprint density at radius 1 is 1.24 bits per heavy atom. The Morgan fingerprint density at radius 3 is 2.63 bits per heavy atom. The summed E-state index contributed by atoms with van der Waals surface area (Å²) in [5, 5.41) is 12.6. The van der Waals surface area contributed by atoms with E-state index in [4.69, 9.17) is 4.74 Å². The van der Waals surface area contributed by atoms with Crippen LogP contribution in [0, 0.1) is 18.3 Å². The number of fused-ring (bicyclic) bond motifs is 1. The Labute approximate surface area is 230 Å². The molecule has 2 aliphatic carbocycles. The minimum absolute atomic E-state index is 0.132. The van der Waals surface area contributed by atoms with E-state index < -0.39 is 13.5 Å². The number of aryl methyl sites for hydroxylation is 1. The van der Waals surface area contributed by atoms with Gasteiger partial charge in [0.25, 0.3) is 0 Å². The van der Waals surface area contributed by atoms with Gasteiger partial charge in [-0.2, -0.15) is 0 Å². The molecule has 206 valence electrons. The standard InChI is InChI=1S/C32H47N3O2Si/c1-8-14-35-29-19-26(22(2)17-28(29)32(3,4)31(35)36)25-11-9-10-24(30(33)27(25)18-23-12-13-23)20-34-21-37-15-16-38(5,6)7/h8,17,19-20,23,33-34H,1,9-16,18,21H2,2-7H3/b24-20-,33-30?. The van der Waals surface area contributed by atoms with Crippen molar-refractivity contribution in [2.45, 2.75) is 90.4 Å². The highest BCUT2D eigenvalue weighted by atomic mass is 28.3. The van der Waals surface area contributed by atoms with Crippen LogP contribution in [0.4, 0.5) is 5.69 Å². The Hall–Kier alpha value is -2.44. The van der Waals surface area contributed by atoms with Gasteiger partial charge in [0.2, 0.25) is 5.91 Å². The van der Waals surface area contributed by atoms with Crippen molar-refractivity contribution in [3.63, 3.8) is 0 Å². The molecule has 1 aromatic carbocycles. The summed E-state index contributed by atoms with van der Waals surface area (Å²) >= 11 is 0. The summed E-state index contributed by atoms with van der Waals surface area (Å²) in [7, 11) is -1.09. The van der Waals surface area contributed by atoms with E-state index in [0.29, 0.717) is 24.9 Å². The molecule has 1 saturated carbocycles. The molecule has 5 nitrogen and oxygen atoms in total. The fourth-order valence-electron chi connectivity index (χ4n) is 5.65. The second-order valence-electron chi connectivity index (χ2n) is 13.1. The molecule has 1 fully saturated rings. The van der Waals surface area contributed by atoms with Gasteiger partial charge in [0, 0.05) is 33.1 Å². The van der Waals surface area contributed by atoms with E-state index in [-0.39, 0.29) is 5.91 Å². The summed E-state index contributed by atoms with van der Waals surface area (Å²) in [6.45, 7) is 19.0. The number of hydrogen-bond donors (Lipinski definition) is 2. The van der Waals surface area contributed by atoms with Crippen LogP contribution in [0.3, 0.4) is 0 Å². The zero-order valence-electron chi connectivity index (χ0n) is 24.4. The lowest BCUT2D eigenvalue weighted by Gasteiger charge is -2.20. The number of ether oxygens (including phenoxy) is 1. The Kier molecular flexibility index (Phi) is 8.53. The minimum Gasteiger partial charge on any atom is -0.368 e. The van der Waals surface area contributed by atoms with E-state index in [9.17, 15) is 10.2 Å². The van der Waals surface area contributed by atoms with E-state index in [1.807, 2.05) is 24.9 Å². The molecular weight excluding hydrogens is 486 g/mol. The maximum atomic E-state index is 13.3. The first kappa shape index (κ1) is 28.6. The molecule has 1 aromatic rings. The number of nitrogens with one attached hydrogen (secondary N) is 2. The summed E-state index contributed by atoms with van der Waals surface area (Å²) in [6.07, 6.45) is 10.2. The van der Waals surface area contributed by atoms with E-state index in [1.165, 1.54) is 35.1 Å². The van der Waals surface area contributed by atoms with Gasteiger partial charge in [-0.25, -0.2) is 0 Å². The predicted octanol–water partition coefficient (Wildman–Crippen LogP) is 7.35. The Morgan fingerprint density at radius 2 is 1.97 bits per heavy atom. The van der Waals surface area contributed by atoms with Crippen molar-refractivity contribution >= 4 is 31.0 Å². The highest BCUT2D eigenvalue weighted by Crippen LogP contribution is 2.47. The van der Waals surface area contributed by atoms with Gasteiger partial charge in [-0.15, -0.1) is 6.58 Å². The van der Waals surface area contributed by atoms with E-state index in [0.717, 1.165) is 55.2 Å². The molecule has 1 amide bonds. The smallest absolute Gasteiger partial charge is 0.237 e. The maximum absolute atomic E-state index is 13.3. The topological polar surface area (TPSA) is 65.4 Å². The number of rotatable bonds is 11. The summed E-state index contributed by atoms with van der Waals surface area (Å²) < 4.78 is 5.83. The van der Waals surface area contributed by atoms with Crippen molar-refractivity contribution in [1.29, 1.82) is 5.41 Å². The molecule has 1 aliphatic heterocycles. The number of amides is 1. The lowest BCUT2D eigenvalue weighted by molar-refractivity contribution is -0.122. The third-order valence-corrected chi connectivity index (χ3v) is 9.94. The second kappa shape index (κ2) is 11.3. The molecule has 4 rings (SSSR count). The number of allylic oxidation sites excluding steroid dienone is 3. The molecule has 0 unspecified atom stereocenters. The Balaban J connectivity index is 1.64. The van der Waals surface area contributed by atoms with E-state index in [1.54, 1.807) is 6.08 Å². The van der Waals surface area contributed by atoms with Crippen LogP contribution in [0.25, 0.3) is 5.57 Å². The molecule has 2 N–H and O–H groups in total. The second-order valence-corrected chi connectivity index (χ2v) is 18.7. The average Bonchev–Trinajstić information content (AvgIpc) is 3.66. The summed E-state index contributed by atoms with van der Waals surface area (Å²) in [6, 6.07) is 5.61. The molecule has 0 atom stereocenters. The fraction of sp³-hybridized carbons (Fsp3) is 0.562. The van der Waals surface area contributed by atoms with Crippen molar-refractivity contribution in [3.8, 4) is 0 Å². The summed E-state index contributed by atoms with van der Waals surface area (Å²) in [5.41, 5.74) is 8.20. The van der Waals surface area contributed by atoms with E-state index >= 15 is 0 Å². The lowest BCUT2D eigenvalue weighted by atomic mass is 9.82. The van der Waals surface area contributed by atoms with Gasteiger partial charge in [0.1, 0.15) is 6.73 Å². The number of carbonyl (C=O) groups is 1. The van der Waals surface area contributed by atoms with Crippen molar-refractivity contribution in [1.82, 2.24) is 5.32 Å². The van der Waals surface area contributed by atoms with Gasteiger partial charge < -0.3 is 20.4 Å². The van der Waals surface area contributed by atoms with Gasteiger partial charge >= 0.3 is 0 Å². The van der Waals surface area contributed by atoms with Gasteiger partial charge in [-0.1, -0.05) is 31.8 Å². The van der Waals surface area contributed by atoms with Crippen molar-refractivity contribution < 1.29 is 9.53 Å². The van der Waals surface area contributed by atoms with Gasteiger partial charge in [0.05, 0.1) is 11.1 Å². The molecule has 38 heavy (non-hydrogen) atoms. The fourth-order valence-corrected chi connectivity index (χ4v) is 6.40. The van der Waals surface area contributed by atoms with Crippen LogP contribution >= 0.6 is 0 Å². The van der Waals surface area contributed by atoms with Crippen molar-refractivity contribution in [3.05, 3.63) is 58.8 Å². The number of carbonyl (C=O) groups excluding carboxylic acids is 1. The molecule has 0 radical (unpaired) electrons. The van der Waals surface area contributed by atoms with Crippen LogP contribution < -0.4 is 10.2 Å². The average molecular weight is 534 g/mol. The zero-order valence-corrected chi connectivity index (χ0v) is 25.4. The summed E-state index contributed by atoms with van der Waals surface area (Å²) in [5.74, 6) is 0.818. The predicted molar refractivity (Wildman–Crippen MR) is 163 cm³/mol. The van der Waals surface area contributed by atoms with Gasteiger partial charge in [0.15, 0.2) is 0 Å². The molecule has 6 heteroatoms. The molecular formula is C32H47N3O2Si. The number of anilines is 1. The lowest BCUT2D eigenvalue weighted by Crippen LogP contribution is -2.36. The van der Waals surface area contributed by atoms with Crippen molar-refractivity contribution in [2.75, 3.05) is 24.8 Å². The molecule has 1 heterocycles. The normalized spacial score (nSPS) is 20.7. The van der Waals surface area contributed by atoms with Crippen LogP contribution in [0.1, 0.15) is 69.1 Å². The third-order valence-electron chi connectivity index (χ3n) is 8.23. The monoisotopic (exact) mass is 533 g/mol. The Bertz CT molecular complexity index is 1170. The van der Waals surface area contributed by atoms with Crippen LogP contribution in [0.5, 0.6) is 0 Å². The van der Waals surface area contributed by atoms with Gasteiger partial charge in [-0.05, 0) is 111 Å². The van der Waals surface area contributed by atoms with Crippen LogP contribution in [-0.4, -0.2) is 39.6 Å². The van der Waals surface area contributed by atoms with Crippen molar-refractivity contribution in [2.24, 2.45) is 5.92 Å². The molecule has 0 aromatic heterocycles. The van der Waals surface area contributed by atoms with Gasteiger partial charge in [-0.3, -0.25) is 4.79 Å².